The van der Waals surface area contributed by atoms with Gasteiger partial charge in [0.15, 0.2) is 0 Å². The topological polar surface area (TPSA) is 41.5 Å². The van der Waals surface area contributed by atoms with Gasteiger partial charge in [-0.3, -0.25) is 4.79 Å². The average molecular weight is 263 g/mol. The number of amides is 1. The molecule has 0 unspecified atom stereocenters. The lowest BCUT2D eigenvalue weighted by Gasteiger charge is -2.11. The fourth-order valence-corrected chi connectivity index (χ4v) is 3.17. The predicted molar refractivity (Wildman–Crippen MR) is 71.8 cm³/mol. The zero-order valence-electron chi connectivity index (χ0n) is 10.0. The molecular formula is C14H15ClN2O. The summed E-state index contributed by atoms with van der Waals surface area (Å²) in [5.74, 6) is 1.22. The van der Waals surface area contributed by atoms with Crippen LogP contribution in [0.25, 0.3) is 0 Å². The Balaban J connectivity index is 1.67. The first-order valence-corrected chi connectivity index (χ1v) is 6.72. The Morgan fingerprint density at radius 2 is 2.28 bits per heavy atom. The lowest BCUT2D eigenvalue weighted by Crippen LogP contribution is -2.21. The molecule has 0 aliphatic heterocycles. The van der Waals surface area contributed by atoms with Gasteiger partial charge in [0.05, 0.1) is 0 Å². The molecule has 1 N–H and O–H groups in total. The van der Waals surface area contributed by atoms with Crippen LogP contribution in [-0.4, -0.2) is 11.6 Å². The highest BCUT2D eigenvalue weighted by molar-refractivity contribution is 6.30. The number of hydrogen-bond acceptors (Lipinski definition) is 2. The molecular weight excluding hydrogens is 248 g/mol. The van der Waals surface area contributed by atoms with E-state index in [-0.39, 0.29) is 5.91 Å². The van der Waals surface area contributed by atoms with Crippen molar-refractivity contribution in [2.24, 2.45) is 16.9 Å². The Kier molecular flexibility index (Phi) is 3.08. The fraction of sp³-hybridized carbons (Fsp3) is 0.429. The molecule has 4 heteroatoms. The standard InChI is InChI=1S/C14H15ClN2O/c15-12-3-1-2-11(8-12)14(18)17-16-13-7-9-4-5-10(13)6-9/h1-3,8-10H,4-7H2,(H,17,18)/b16-13-/t9-,10-/m1/s1. The monoisotopic (exact) mass is 262 g/mol. The largest absolute Gasteiger partial charge is 0.271 e. The highest BCUT2D eigenvalue weighted by Crippen LogP contribution is 2.42. The van der Waals surface area contributed by atoms with E-state index in [0.29, 0.717) is 16.5 Å². The van der Waals surface area contributed by atoms with E-state index < -0.39 is 0 Å². The van der Waals surface area contributed by atoms with E-state index >= 15 is 0 Å². The van der Waals surface area contributed by atoms with E-state index in [1.165, 1.54) is 25.0 Å². The third-order valence-electron chi connectivity index (χ3n) is 3.90. The average Bonchev–Trinajstić information content (AvgIpc) is 2.98. The maximum absolute atomic E-state index is 11.9. The third-order valence-corrected chi connectivity index (χ3v) is 4.13. The van der Waals surface area contributed by atoms with Crippen molar-refractivity contribution in [3.8, 4) is 0 Å². The van der Waals surface area contributed by atoms with Gasteiger partial charge in [-0.2, -0.15) is 5.10 Å². The lowest BCUT2D eigenvalue weighted by atomic mass is 9.99. The molecule has 0 saturated heterocycles. The molecule has 0 radical (unpaired) electrons. The maximum Gasteiger partial charge on any atom is 0.271 e. The summed E-state index contributed by atoms with van der Waals surface area (Å²) in [6.07, 6.45) is 4.87. The van der Waals surface area contributed by atoms with Crippen LogP contribution in [0.4, 0.5) is 0 Å². The number of hydrogen-bond donors (Lipinski definition) is 1. The zero-order valence-corrected chi connectivity index (χ0v) is 10.8. The molecule has 18 heavy (non-hydrogen) atoms. The predicted octanol–water partition coefficient (Wildman–Crippen LogP) is 3.25. The number of halogens is 1. The van der Waals surface area contributed by atoms with Crippen LogP contribution < -0.4 is 5.43 Å². The van der Waals surface area contributed by atoms with Gasteiger partial charge in [-0.05, 0) is 55.7 Å². The fourth-order valence-electron chi connectivity index (χ4n) is 2.98. The minimum Gasteiger partial charge on any atom is -0.267 e. The number of nitrogens with zero attached hydrogens (tertiary/aromatic N) is 1. The van der Waals surface area contributed by atoms with Gasteiger partial charge in [0, 0.05) is 16.3 Å². The smallest absolute Gasteiger partial charge is 0.267 e. The number of carbonyl (C=O) groups is 1. The van der Waals surface area contributed by atoms with Gasteiger partial charge < -0.3 is 0 Å². The van der Waals surface area contributed by atoms with E-state index in [1.807, 2.05) is 0 Å². The van der Waals surface area contributed by atoms with Crippen LogP contribution in [0.15, 0.2) is 29.4 Å². The second kappa shape index (κ2) is 4.73. The van der Waals surface area contributed by atoms with Crippen molar-refractivity contribution in [1.82, 2.24) is 5.43 Å². The summed E-state index contributed by atoms with van der Waals surface area (Å²) in [5.41, 5.74) is 4.36. The number of fused-ring (bicyclic) bond motifs is 2. The van der Waals surface area contributed by atoms with Crippen LogP contribution in [0.2, 0.25) is 5.02 Å². The maximum atomic E-state index is 11.9. The molecule has 2 saturated carbocycles. The van der Waals surface area contributed by atoms with Crippen LogP contribution in [-0.2, 0) is 0 Å². The summed E-state index contributed by atoms with van der Waals surface area (Å²) < 4.78 is 0. The molecule has 1 aromatic carbocycles. The van der Waals surface area contributed by atoms with Gasteiger partial charge in [-0.15, -0.1) is 0 Å². The normalized spacial score (nSPS) is 27.7. The molecule has 2 bridgehead atoms. The van der Waals surface area contributed by atoms with Crippen molar-refractivity contribution in [2.45, 2.75) is 25.7 Å². The summed E-state index contributed by atoms with van der Waals surface area (Å²) in [5, 5.41) is 4.85. The van der Waals surface area contributed by atoms with E-state index in [4.69, 9.17) is 11.6 Å². The highest BCUT2D eigenvalue weighted by Gasteiger charge is 2.36. The third kappa shape index (κ3) is 2.27. The van der Waals surface area contributed by atoms with Crippen molar-refractivity contribution in [2.75, 3.05) is 0 Å². The molecule has 1 aromatic rings. The molecule has 3 rings (SSSR count). The Bertz CT molecular complexity index is 512. The van der Waals surface area contributed by atoms with Crippen molar-refractivity contribution < 1.29 is 4.79 Å². The molecule has 0 spiro atoms. The van der Waals surface area contributed by atoms with E-state index in [9.17, 15) is 4.79 Å². The second-order valence-electron chi connectivity index (χ2n) is 5.13. The van der Waals surface area contributed by atoms with Crippen molar-refractivity contribution in [1.29, 1.82) is 0 Å². The number of hydrazone groups is 1. The van der Waals surface area contributed by atoms with E-state index in [2.05, 4.69) is 10.5 Å². The van der Waals surface area contributed by atoms with Crippen LogP contribution >= 0.6 is 11.6 Å². The Morgan fingerprint density at radius 1 is 1.39 bits per heavy atom. The van der Waals surface area contributed by atoms with Gasteiger partial charge in [0.1, 0.15) is 0 Å². The van der Waals surface area contributed by atoms with Gasteiger partial charge in [0.2, 0.25) is 0 Å². The first kappa shape index (κ1) is 11.7. The zero-order chi connectivity index (χ0) is 12.5. The van der Waals surface area contributed by atoms with Crippen LogP contribution in [0, 0.1) is 11.8 Å². The molecule has 2 aliphatic carbocycles. The Morgan fingerprint density at radius 3 is 2.94 bits per heavy atom. The van der Waals surface area contributed by atoms with Gasteiger partial charge in [-0.1, -0.05) is 17.7 Å². The van der Waals surface area contributed by atoms with Crippen molar-refractivity contribution in [3.05, 3.63) is 34.9 Å². The number of rotatable bonds is 2. The Labute approximate surface area is 111 Å². The molecule has 94 valence electrons. The molecule has 2 aliphatic rings. The van der Waals surface area contributed by atoms with Gasteiger partial charge in [-0.25, -0.2) is 5.43 Å². The lowest BCUT2D eigenvalue weighted by molar-refractivity contribution is 0.0954. The van der Waals surface area contributed by atoms with E-state index in [1.54, 1.807) is 24.3 Å². The number of carbonyl (C=O) groups excluding carboxylic acids is 1. The van der Waals surface area contributed by atoms with Crippen molar-refractivity contribution in [3.63, 3.8) is 0 Å². The van der Waals surface area contributed by atoms with Gasteiger partial charge >= 0.3 is 0 Å². The van der Waals surface area contributed by atoms with Crippen LogP contribution in [0.1, 0.15) is 36.0 Å². The Hall–Kier alpha value is -1.35. The summed E-state index contributed by atoms with van der Waals surface area (Å²) in [6.45, 7) is 0. The molecule has 0 aromatic heterocycles. The van der Waals surface area contributed by atoms with Crippen LogP contribution in [0.5, 0.6) is 0 Å². The van der Waals surface area contributed by atoms with Gasteiger partial charge in [0.25, 0.3) is 5.91 Å². The summed E-state index contributed by atoms with van der Waals surface area (Å²) in [6, 6.07) is 6.90. The minimum atomic E-state index is -0.187. The highest BCUT2D eigenvalue weighted by atomic mass is 35.5. The minimum absolute atomic E-state index is 0.187. The van der Waals surface area contributed by atoms with Crippen LogP contribution in [0.3, 0.4) is 0 Å². The second-order valence-corrected chi connectivity index (χ2v) is 5.57. The first-order chi connectivity index (χ1) is 8.72. The van der Waals surface area contributed by atoms with Crippen molar-refractivity contribution >= 4 is 23.2 Å². The molecule has 1 amide bonds. The quantitative estimate of drug-likeness (QED) is 0.817. The summed E-state index contributed by atoms with van der Waals surface area (Å²) in [7, 11) is 0. The number of nitrogens with one attached hydrogen (secondary N) is 1. The molecule has 3 nitrogen and oxygen atoms in total. The molecule has 2 fully saturated rings. The summed E-state index contributed by atoms with van der Waals surface area (Å²) >= 11 is 5.85. The first-order valence-electron chi connectivity index (χ1n) is 6.35. The SMILES string of the molecule is O=C(N/N=C1/C[C@@H]2CC[C@@H]1C2)c1cccc(Cl)c1. The van der Waals surface area contributed by atoms with E-state index in [0.717, 1.165) is 12.3 Å². The number of benzene rings is 1. The molecule has 2 atom stereocenters. The molecule has 0 heterocycles. The summed E-state index contributed by atoms with van der Waals surface area (Å²) in [4.78, 5) is 11.9.